The predicted octanol–water partition coefficient (Wildman–Crippen LogP) is 3.41. The lowest BCUT2D eigenvalue weighted by Gasteiger charge is -2.04. The van der Waals surface area contributed by atoms with Crippen LogP contribution in [-0.4, -0.2) is 22.2 Å². The number of Topliss-reactive ketones (excluding diaryl/α,β-unsaturated/α-hetero) is 1. The highest BCUT2D eigenvalue weighted by Crippen LogP contribution is 2.22. The third-order valence-corrected chi connectivity index (χ3v) is 5.45. The number of carbonyl (C=O) groups is 1. The zero-order valence-corrected chi connectivity index (χ0v) is 14.5. The van der Waals surface area contributed by atoms with Crippen LogP contribution in [0.15, 0.2) is 31.8 Å². The van der Waals surface area contributed by atoms with E-state index in [1.54, 1.807) is 12.1 Å². The number of rotatable bonds is 4. The van der Waals surface area contributed by atoms with E-state index >= 15 is 0 Å². The average molecular weight is 346 g/mol. The number of aromatic nitrogens is 2. The monoisotopic (exact) mass is 346 g/mol. The zero-order chi connectivity index (χ0) is 16.6. The fourth-order valence-corrected chi connectivity index (χ4v) is 3.48. The van der Waals surface area contributed by atoms with Crippen molar-refractivity contribution in [2.45, 2.75) is 24.6 Å². The van der Waals surface area contributed by atoms with Gasteiger partial charge < -0.3 is 4.42 Å². The molecule has 1 aromatic carbocycles. The van der Waals surface area contributed by atoms with Crippen molar-refractivity contribution in [2.24, 2.45) is 0 Å². The minimum atomic E-state index is -0.272. The van der Waals surface area contributed by atoms with Crippen LogP contribution in [0.3, 0.4) is 0 Å². The van der Waals surface area contributed by atoms with Crippen LogP contribution in [0.2, 0.25) is 0 Å². The maximum Gasteiger partial charge on any atom is 0.205 e. The Bertz CT molecular complexity index is 960. The van der Waals surface area contributed by atoms with Crippen LogP contribution >= 0.6 is 23.1 Å². The fraction of sp³-hybridized carbons (Fsp3) is 0.250. The van der Waals surface area contributed by atoms with Gasteiger partial charge in [-0.1, -0.05) is 23.1 Å². The topological polar surface area (TPSA) is 73.1 Å². The molecule has 0 spiro atoms. The van der Waals surface area contributed by atoms with Crippen molar-refractivity contribution in [2.75, 3.05) is 6.26 Å². The molecule has 0 aliphatic rings. The van der Waals surface area contributed by atoms with Gasteiger partial charge in [-0.15, -0.1) is 10.2 Å². The standard InChI is InChI=1S/C16H14N2O3S2/c1-8-4-10-11(19)6-14(21-13(10)5-9(8)2)12(20)7-15-17-18-16(22-3)23-15/h4-6H,7H2,1-3H3. The molecule has 0 fully saturated rings. The number of nitrogens with zero attached hydrogens (tertiary/aromatic N) is 2. The summed E-state index contributed by atoms with van der Waals surface area (Å²) >= 11 is 2.85. The number of hydrogen-bond donors (Lipinski definition) is 0. The Hall–Kier alpha value is -1.99. The molecule has 0 unspecified atom stereocenters. The molecule has 0 saturated carbocycles. The molecule has 7 heteroatoms. The minimum absolute atomic E-state index is 0.0617. The Morgan fingerprint density at radius 2 is 1.96 bits per heavy atom. The first-order valence-corrected chi connectivity index (χ1v) is 8.96. The van der Waals surface area contributed by atoms with E-state index in [2.05, 4.69) is 10.2 Å². The van der Waals surface area contributed by atoms with E-state index in [-0.39, 0.29) is 23.4 Å². The summed E-state index contributed by atoms with van der Waals surface area (Å²) in [4.78, 5) is 24.6. The van der Waals surface area contributed by atoms with Crippen LogP contribution < -0.4 is 5.43 Å². The Morgan fingerprint density at radius 1 is 1.22 bits per heavy atom. The van der Waals surface area contributed by atoms with Gasteiger partial charge >= 0.3 is 0 Å². The van der Waals surface area contributed by atoms with Gasteiger partial charge in [-0.05, 0) is 43.4 Å². The summed E-state index contributed by atoms with van der Waals surface area (Å²) in [6.07, 6.45) is 1.98. The Morgan fingerprint density at radius 3 is 2.65 bits per heavy atom. The van der Waals surface area contributed by atoms with Crippen molar-refractivity contribution in [3.8, 4) is 0 Å². The highest BCUT2D eigenvalue weighted by molar-refractivity contribution is 8.00. The lowest BCUT2D eigenvalue weighted by atomic mass is 10.1. The van der Waals surface area contributed by atoms with Gasteiger partial charge in [0.1, 0.15) is 10.6 Å². The Balaban J connectivity index is 1.97. The number of carbonyl (C=O) groups excluding carboxylic acids is 1. The molecule has 2 heterocycles. The van der Waals surface area contributed by atoms with E-state index < -0.39 is 0 Å². The molecule has 3 aromatic rings. The molecule has 0 saturated heterocycles. The molecule has 0 atom stereocenters. The van der Waals surface area contributed by atoms with Gasteiger partial charge in [-0.25, -0.2) is 0 Å². The number of fused-ring (bicyclic) bond motifs is 1. The van der Waals surface area contributed by atoms with Gasteiger partial charge in [0.25, 0.3) is 0 Å². The molecular formula is C16H14N2O3S2. The van der Waals surface area contributed by atoms with E-state index in [1.807, 2.05) is 20.1 Å². The summed E-state index contributed by atoms with van der Waals surface area (Å²) in [5.74, 6) is -0.210. The third kappa shape index (κ3) is 3.20. The van der Waals surface area contributed by atoms with E-state index in [0.29, 0.717) is 16.0 Å². The fourth-order valence-electron chi connectivity index (χ4n) is 2.17. The molecule has 118 valence electrons. The summed E-state index contributed by atoms with van der Waals surface area (Å²) in [7, 11) is 0. The molecule has 5 nitrogen and oxygen atoms in total. The molecule has 3 rings (SSSR count). The molecule has 0 N–H and O–H groups in total. The lowest BCUT2D eigenvalue weighted by molar-refractivity contribution is 0.0966. The van der Waals surface area contributed by atoms with Gasteiger partial charge in [0.2, 0.25) is 5.78 Å². The number of thioether (sulfide) groups is 1. The smallest absolute Gasteiger partial charge is 0.205 e. The quantitative estimate of drug-likeness (QED) is 0.532. The van der Waals surface area contributed by atoms with Gasteiger partial charge in [-0.3, -0.25) is 9.59 Å². The predicted molar refractivity (Wildman–Crippen MR) is 91.7 cm³/mol. The van der Waals surface area contributed by atoms with Crippen LogP contribution in [0, 0.1) is 13.8 Å². The van der Waals surface area contributed by atoms with Crippen molar-refractivity contribution < 1.29 is 9.21 Å². The Labute approximate surface area is 140 Å². The molecule has 0 radical (unpaired) electrons. The molecule has 0 aliphatic heterocycles. The summed E-state index contributed by atoms with van der Waals surface area (Å²) in [6.45, 7) is 3.88. The summed E-state index contributed by atoms with van der Waals surface area (Å²) in [5.41, 5.74) is 2.26. The number of ketones is 1. The van der Waals surface area contributed by atoms with Crippen molar-refractivity contribution in [1.29, 1.82) is 0 Å². The number of benzene rings is 1. The second kappa shape index (κ2) is 6.25. The number of aryl methyl sites for hydroxylation is 2. The summed E-state index contributed by atoms with van der Waals surface area (Å²) in [5, 5.41) is 9.03. The Kier molecular flexibility index (Phi) is 4.32. The maximum atomic E-state index is 12.4. The van der Waals surface area contributed by atoms with Crippen molar-refractivity contribution in [3.05, 3.63) is 50.3 Å². The normalized spacial score (nSPS) is 11.1. The van der Waals surface area contributed by atoms with Crippen molar-refractivity contribution >= 4 is 39.9 Å². The van der Waals surface area contributed by atoms with E-state index in [1.165, 1.54) is 29.2 Å². The zero-order valence-electron chi connectivity index (χ0n) is 12.9. The van der Waals surface area contributed by atoms with E-state index in [4.69, 9.17) is 4.42 Å². The summed E-state index contributed by atoms with van der Waals surface area (Å²) < 4.78 is 6.45. The van der Waals surface area contributed by atoms with E-state index in [9.17, 15) is 9.59 Å². The van der Waals surface area contributed by atoms with Crippen LogP contribution in [-0.2, 0) is 6.42 Å². The summed E-state index contributed by atoms with van der Waals surface area (Å²) in [6, 6.07) is 4.84. The van der Waals surface area contributed by atoms with Crippen LogP contribution in [0.4, 0.5) is 0 Å². The average Bonchev–Trinajstić information content (AvgIpc) is 2.96. The van der Waals surface area contributed by atoms with Gasteiger partial charge in [-0.2, -0.15) is 0 Å². The van der Waals surface area contributed by atoms with Crippen LogP contribution in [0.1, 0.15) is 26.7 Å². The van der Waals surface area contributed by atoms with Gasteiger partial charge in [0, 0.05) is 6.07 Å². The first-order valence-electron chi connectivity index (χ1n) is 6.92. The molecule has 0 aliphatic carbocycles. The highest BCUT2D eigenvalue weighted by atomic mass is 32.2. The van der Waals surface area contributed by atoms with Gasteiger partial charge in [0.05, 0.1) is 11.8 Å². The maximum absolute atomic E-state index is 12.4. The van der Waals surface area contributed by atoms with Crippen molar-refractivity contribution in [3.63, 3.8) is 0 Å². The molecular weight excluding hydrogens is 332 g/mol. The number of hydrogen-bond acceptors (Lipinski definition) is 7. The third-order valence-electron chi connectivity index (χ3n) is 3.55. The second-order valence-corrected chi connectivity index (χ2v) is 7.29. The molecule has 0 amide bonds. The molecule has 23 heavy (non-hydrogen) atoms. The first-order chi connectivity index (χ1) is 11.0. The minimum Gasteiger partial charge on any atom is -0.453 e. The second-order valence-electron chi connectivity index (χ2n) is 5.17. The van der Waals surface area contributed by atoms with Crippen LogP contribution in [0.5, 0.6) is 0 Å². The lowest BCUT2D eigenvalue weighted by Crippen LogP contribution is -2.09. The molecule has 2 aromatic heterocycles. The van der Waals surface area contributed by atoms with Crippen molar-refractivity contribution in [1.82, 2.24) is 10.2 Å². The molecule has 0 bridgehead atoms. The first kappa shape index (κ1) is 15.9. The highest BCUT2D eigenvalue weighted by Gasteiger charge is 2.16. The van der Waals surface area contributed by atoms with Gasteiger partial charge in [0.15, 0.2) is 15.5 Å². The van der Waals surface area contributed by atoms with Crippen LogP contribution in [0.25, 0.3) is 11.0 Å². The van der Waals surface area contributed by atoms with E-state index in [0.717, 1.165) is 15.5 Å². The SMILES string of the molecule is CSc1nnc(CC(=O)c2cc(=O)c3cc(C)c(C)cc3o2)s1. The largest absolute Gasteiger partial charge is 0.453 e.